The zero-order valence-corrected chi connectivity index (χ0v) is 17.1. The average Bonchev–Trinajstić information content (AvgIpc) is 3.14. The molecular formula is C20H20ClN3O3S. The van der Waals surface area contributed by atoms with Crippen molar-refractivity contribution in [2.75, 3.05) is 25.3 Å². The lowest BCUT2D eigenvalue weighted by molar-refractivity contribution is -0.113. The lowest BCUT2D eigenvalue weighted by Gasteiger charge is -2.11. The molecule has 3 aromatic rings. The van der Waals surface area contributed by atoms with Crippen molar-refractivity contribution in [1.82, 2.24) is 9.55 Å². The molecule has 0 saturated carbocycles. The number of hydrogen-bond donors (Lipinski definition) is 1. The van der Waals surface area contributed by atoms with Gasteiger partial charge in [-0.3, -0.25) is 4.79 Å². The third-order valence-corrected chi connectivity index (χ3v) is 5.20. The summed E-state index contributed by atoms with van der Waals surface area (Å²) >= 11 is 7.37. The molecule has 0 fully saturated rings. The zero-order valence-electron chi connectivity index (χ0n) is 15.5. The zero-order chi connectivity index (χ0) is 19.9. The van der Waals surface area contributed by atoms with E-state index in [1.807, 2.05) is 35.0 Å². The maximum absolute atomic E-state index is 12.3. The summed E-state index contributed by atoms with van der Waals surface area (Å²) in [6, 6.07) is 12.9. The molecule has 146 valence electrons. The number of thioether (sulfide) groups is 1. The van der Waals surface area contributed by atoms with Crippen LogP contribution in [0.5, 0.6) is 11.5 Å². The number of methoxy groups -OCH3 is 2. The summed E-state index contributed by atoms with van der Waals surface area (Å²) in [5.41, 5.74) is 1.66. The van der Waals surface area contributed by atoms with Crippen molar-refractivity contribution in [3.8, 4) is 11.5 Å². The van der Waals surface area contributed by atoms with E-state index in [-0.39, 0.29) is 11.7 Å². The summed E-state index contributed by atoms with van der Waals surface area (Å²) in [5.74, 6) is 1.43. The minimum atomic E-state index is -0.162. The van der Waals surface area contributed by atoms with Crippen molar-refractivity contribution in [1.29, 1.82) is 0 Å². The highest BCUT2D eigenvalue weighted by Crippen LogP contribution is 2.28. The van der Waals surface area contributed by atoms with E-state index in [1.165, 1.54) is 11.8 Å². The van der Waals surface area contributed by atoms with Gasteiger partial charge in [-0.25, -0.2) is 4.98 Å². The fraction of sp³-hybridized carbons (Fsp3) is 0.200. The maximum atomic E-state index is 12.3. The number of carbonyl (C=O) groups excluding carboxylic acids is 1. The van der Waals surface area contributed by atoms with Crippen molar-refractivity contribution >= 4 is 35.0 Å². The molecular weight excluding hydrogens is 398 g/mol. The Bertz CT molecular complexity index is 944. The molecule has 0 aliphatic rings. The van der Waals surface area contributed by atoms with E-state index in [9.17, 15) is 4.79 Å². The van der Waals surface area contributed by atoms with Gasteiger partial charge in [0.2, 0.25) is 5.91 Å². The Morgan fingerprint density at radius 3 is 2.68 bits per heavy atom. The second kappa shape index (κ2) is 9.52. The highest BCUT2D eigenvalue weighted by atomic mass is 35.5. The molecule has 0 bridgehead atoms. The van der Waals surface area contributed by atoms with Crippen LogP contribution in [0.3, 0.4) is 0 Å². The maximum Gasteiger partial charge on any atom is 0.234 e. The summed E-state index contributed by atoms with van der Waals surface area (Å²) in [6.07, 6.45) is 3.62. The van der Waals surface area contributed by atoms with Crippen LogP contribution in [0.4, 0.5) is 5.69 Å². The van der Waals surface area contributed by atoms with Gasteiger partial charge in [-0.15, -0.1) is 0 Å². The molecule has 8 heteroatoms. The van der Waals surface area contributed by atoms with Crippen molar-refractivity contribution in [3.63, 3.8) is 0 Å². The number of imidazole rings is 1. The topological polar surface area (TPSA) is 65.4 Å². The number of amides is 1. The number of hydrogen-bond acceptors (Lipinski definition) is 5. The molecule has 2 aromatic carbocycles. The van der Waals surface area contributed by atoms with Crippen LogP contribution < -0.4 is 14.8 Å². The summed E-state index contributed by atoms with van der Waals surface area (Å²) in [7, 11) is 3.19. The van der Waals surface area contributed by atoms with Gasteiger partial charge >= 0.3 is 0 Å². The first-order valence-electron chi connectivity index (χ1n) is 8.49. The molecule has 28 heavy (non-hydrogen) atoms. The highest BCUT2D eigenvalue weighted by Gasteiger charge is 2.11. The predicted octanol–water partition coefficient (Wildman–Crippen LogP) is 4.33. The van der Waals surface area contributed by atoms with E-state index < -0.39 is 0 Å². The Labute approximate surface area is 172 Å². The molecule has 1 aromatic heterocycles. The summed E-state index contributed by atoms with van der Waals surface area (Å²) in [4.78, 5) is 16.7. The van der Waals surface area contributed by atoms with Crippen molar-refractivity contribution in [2.45, 2.75) is 11.7 Å². The van der Waals surface area contributed by atoms with Crippen LogP contribution in [0.15, 0.2) is 60.0 Å². The van der Waals surface area contributed by atoms with Crippen molar-refractivity contribution in [3.05, 3.63) is 65.4 Å². The second-order valence-electron chi connectivity index (χ2n) is 5.87. The largest absolute Gasteiger partial charge is 0.497 e. The molecule has 0 atom stereocenters. The summed E-state index contributed by atoms with van der Waals surface area (Å²) in [6.45, 7) is 0.663. The number of anilines is 1. The number of carbonyl (C=O) groups is 1. The third kappa shape index (κ3) is 5.21. The van der Waals surface area contributed by atoms with Gasteiger partial charge in [-0.05, 0) is 35.9 Å². The van der Waals surface area contributed by atoms with Gasteiger partial charge in [0.25, 0.3) is 0 Å². The van der Waals surface area contributed by atoms with Crippen molar-refractivity contribution in [2.24, 2.45) is 0 Å². The Balaban J connectivity index is 1.60. The first-order chi connectivity index (χ1) is 13.6. The minimum Gasteiger partial charge on any atom is -0.497 e. The minimum absolute atomic E-state index is 0.162. The van der Waals surface area contributed by atoms with Gasteiger partial charge in [0.15, 0.2) is 5.16 Å². The van der Waals surface area contributed by atoms with Crippen LogP contribution in [0.2, 0.25) is 5.02 Å². The van der Waals surface area contributed by atoms with Crippen LogP contribution in [0.1, 0.15) is 5.56 Å². The van der Waals surface area contributed by atoms with Crippen LogP contribution >= 0.6 is 23.4 Å². The second-order valence-corrected chi connectivity index (χ2v) is 7.25. The van der Waals surface area contributed by atoms with Gasteiger partial charge in [0.1, 0.15) is 11.5 Å². The predicted molar refractivity (Wildman–Crippen MR) is 112 cm³/mol. The Hall–Kier alpha value is -2.64. The number of ether oxygens (including phenoxy) is 2. The van der Waals surface area contributed by atoms with Crippen molar-refractivity contribution < 1.29 is 14.3 Å². The summed E-state index contributed by atoms with van der Waals surface area (Å²) < 4.78 is 12.4. The number of halogens is 1. The number of rotatable bonds is 8. The first-order valence-corrected chi connectivity index (χ1v) is 9.85. The van der Waals surface area contributed by atoms with Gasteiger partial charge in [-0.1, -0.05) is 35.5 Å². The van der Waals surface area contributed by atoms with E-state index in [4.69, 9.17) is 21.1 Å². The number of nitrogens with one attached hydrogen (secondary N) is 1. The molecule has 6 nitrogen and oxygen atoms in total. The number of aromatic nitrogens is 2. The SMILES string of the molecule is COc1ccc(Cn2ccnc2SCC(=O)Nc2cc(Cl)ccc2OC)cc1. The normalized spacial score (nSPS) is 10.5. The summed E-state index contributed by atoms with van der Waals surface area (Å²) in [5, 5.41) is 4.12. The quantitative estimate of drug-likeness (QED) is 0.552. The van der Waals surface area contributed by atoms with Gasteiger partial charge in [-0.2, -0.15) is 0 Å². The van der Waals surface area contributed by atoms with E-state index in [1.54, 1.807) is 38.6 Å². The fourth-order valence-corrected chi connectivity index (χ4v) is 3.51. The van der Waals surface area contributed by atoms with E-state index in [2.05, 4.69) is 10.3 Å². The van der Waals surface area contributed by atoms with E-state index in [0.717, 1.165) is 16.5 Å². The highest BCUT2D eigenvalue weighted by molar-refractivity contribution is 7.99. The standard InChI is InChI=1S/C20H20ClN3O3S/c1-26-16-6-3-14(4-7-16)12-24-10-9-22-20(24)28-13-19(25)23-17-11-15(21)5-8-18(17)27-2/h3-11H,12-13H2,1-2H3,(H,23,25). The lowest BCUT2D eigenvalue weighted by Crippen LogP contribution is -2.15. The molecule has 0 saturated heterocycles. The molecule has 1 amide bonds. The van der Waals surface area contributed by atoms with Gasteiger partial charge in [0.05, 0.1) is 25.7 Å². The molecule has 3 rings (SSSR count). The van der Waals surface area contributed by atoms with E-state index >= 15 is 0 Å². The van der Waals surface area contributed by atoms with E-state index in [0.29, 0.717) is 23.0 Å². The molecule has 0 aliphatic heterocycles. The molecule has 0 aliphatic carbocycles. The first kappa shape index (κ1) is 20.1. The average molecular weight is 418 g/mol. The molecule has 0 radical (unpaired) electrons. The Morgan fingerprint density at radius 2 is 1.96 bits per heavy atom. The number of benzene rings is 2. The van der Waals surface area contributed by atoms with Gasteiger partial charge < -0.3 is 19.4 Å². The van der Waals surface area contributed by atoms with Crippen LogP contribution in [-0.2, 0) is 11.3 Å². The Kier molecular flexibility index (Phi) is 6.84. The third-order valence-electron chi connectivity index (χ3n) is 3.96. The molecule has 1 heterocycles. The smallest absolute Gasteiger partial charge is 0.234 e. The van der Waals surface area contributed by atoms with Gasteiger partial charge in [0, 0.05) is 24.0 Å². The molecule has 1 N–H and O–H groups in total. The van der Waals surface area contributed by atoms with Crippen LogP contribution in [0, 0.1) is 0 Å². The van der Waals surface area contributed by atoms with Crippen LogP contribution in [0.25, 0.3) is 0 Å². The Morgan fingerprint density at radius 1 is 1.18 bits per heavy atom. The molecule has 0 unspecified atom stereocenters. The fourth-order valence-electron chi connectivity index (χ4n) is 2.58. The molecule has 0 spiro atoms. The monoisotopic (exact) mass is 417 g/mol. The van der Waals surface area contributed by atoms with Crippen LogP contribution in [-0.4, -0.2) is 35.4 Å². The number of nitrogens with zero attached hydrogens (tertiary/aromatic N) is 2. The lowest BCUT2D eigenvalue weighted by atomic mass is 10.2.